The number of nitriles is 1. The van der Waals surface area contributed by atoms with Gasteiger partial charge in [-0.05, 0) is 36.2 Å². The van der Waals surface area contributed by atoms with E-state index in [9.17, 15) is 5.11 Å². The van der Waals surface area contributed by atoms with Crippen molar-refractivity contribution in [2.24, 2.45) is 0 Å². The maximum Gasteiger partial charge on any atom is 0.140 e. The van der Waals surface area contributed by atoms with Crippen molar-refractivity contribution in [3.05, 3.63) is 53.9 Å². The zero-order chi connectivity index (χ0) is 15.5. The summed E-state index contributed by atoms with van der Waals surface area (Å²) in [6.07, 6.45) is 1.96. The van der Waals surface area contributed by atoms with Crippen molar-refractivity contribution >= 4 is 5.69 Å². The zero-order valence-electron chi connectivity index (χ0n) is 12.3. The summed E-state index contributed by atoms with van der Waals surface area (Å²) in [5.41, 5.74) is 2.39. The van der Waals surface area contributed by atoms with Gasteiger partial charge in [0.25, 0.3) is 0 Å². The number of rotatable bonds is 3. The van der Waals surface area contributed by atoms with E-state index in [1.54, 1.807) is 19.4 Å². The highest BCUT2D eigenvalue weighted by atomic mass is 16.5. The number of ether oxygens (including phenoxy) is 1. The quantitative estimate of drug-likeness (QED) is 0.940. The number of β-amino-alcohol motifs (C(OH)–C–C–N with tert-alkyl or cyclic N) is 1. The molecule has 1 aliphatic rings. The van der Waals surface area contributed by atoms with E-state index in [1.807, 2.05) is 36.4 Å². The van der Waals surface area contributed by atoms with Gasteiger partial charge in [-0.15, -0.1) is 0 Å². The molecule has 22 heavy (non-hydrogen) atoms. The van der Waals surface area contributed by atoms with Crippen LogP contribution in [0.2, 0.25) is 0 Å². The molecule has 0 amide bonds. The molecule has 112 valence electrons. The third kappa shape index (κ3) is 2.74. The number of anilines is 1. The Morgan fingerprint density at radius 3 is 2.91 bits per heavy atom. The molecule has 0 aliphatic carbocycles. The summed E-state index contributed by atoms with van der Waals surface area (Å²) in [5.74, 6) is 0.803. The van der Waals surface area contributed by atoms with Crippen LogP contribution in [0.5, 0.6) is 5.75 Å². The second-order valence-corrected chi connectivity index (χ2v) is 5.35. The minimum Gasteiger partial charge on any atom is -0.497 e. The highest BCUT2D eigenvalue weighted by Gasteiger charge is 2.32. The summed E-state index contributed by atoms with van der Waals surface area (Å²) < 4.78 is 5.28. The molecule has 0 bridgehead atoms. The van der Waals surface area contributed by atoms with E-state index in [2.05, 4.69) is 9.88 Å². The Labute approximate surface area is 129 Å². The van der Waals surface area contributed by atoms with E-state index in [0.717, 1.165) is 17.0 Å². The molecule has 0 saturated carbocycles. The first-order chi connectivity index (χ1) is 10.7. The van der Waals surface area contributed by atoms with Gasteiger partial charge in [-0.25, -0.2) is 4.98 Å². The lowest BCUT2D eigenvalue weighted by Crippen LogP contribution is -2.24. The van der Waals surface area contributed by atoms with Gasteiger partial charge in [0, 0.05) is 6.54 Å². The van der Waals surface area contributed by atoms with Crippen molar-refractivity contribution < 1.29 is 9.84 Å². The average molecular weight is 295 g/mol. The van der Waals surface area contributed by atoms with Crippen LogP contribution in [0.1, 0.15) is 23.7 Å². The third-order valence-corrected chi connectivity index (χ3v) is 3.95. The fourth-order valence-electron chi connectivity index (χ4n) is 2.89. The van der Waals surface area contributed by atoms with Gasteiger partial charge in [0.2, 0.25) is 0 Å². The Hall–Kier alpha value is -2.58. The van der Waals surface area contributed by atoms with Gasteiger partial charge in [-0.2, -0.15) is 5.26 Å². The van der Waals surface area contributed by atoms with Gasteiger partial charge < -0.3 is 14.7 Å². The lowest BCUT2D eigenvalue weighted by Gasteiger charge is -2.26. The standard InChI is InChI=1S/C17H17N3O2/c1-22-16-4-2-3-12(7-16)17-8-15(21)11-20(17)14-6-5-13(9-18)19-10-14/h2-7,10,15,17,21H,8,11H2,1H3/t15-,17+/m1/s1. The molecule has 2 heterocycles. The first-order valence-electron chi connectivity index (χ1n) is 7.16. The predicted molar refractivity (Wildman–Crippen MR) is 82.7 cm³/mol. The van der Waals surface area contributed by atoms with Gasteiger partial charge in [-0.3, -0.25) is 0 Å². The van der Waals surface area contributed by atoms with Gasteiger partial charge in [0.05, 0.1) is 31.1 Å². The topological polar surface area (TPSA) is 69.4 Å². The first-order valence-corrected chi connectivity index (χ1v) is 7.16. The summed E-state index contributed by atoms with van der Waals surface area (Å²) in [6, 6.07) is 13.5. The van der Waals surface area contributed by atoms with Crippen LogP contribution < -0.4 is 9.64 Å². The first kappa shape index (κ1) is 14.4. The van der Waals surface area contributed by atoms with Crippen LogP contribution in [0.3, 0.4) is 0 Å². The number of aromatic nitrogens is 1. The highest BCUT2D eigenvalue weighted by molar-refractivity contribution is 5.50. The van der Waals surface area contributed by atoms with Crippen LogP contribution in [0.15, 0.2) is 42.6 Å². The Bertz CT molecular complexity index is 694. The summed E-state index contributed by atoms with van der Waals surface area (Å²) in [6.45, 7) is 0.551. The predicted octanol–water partition coefficient (Wildman–Crippen LogP) is 2.27. The number of hydrogen-bond acceptors (Lipinski definition) is 5. The van der Waals surface area contributed by atoms with Crippen LogP contribution in [0.25, 0.3) is 0 Å². The SMILES string of the molecule is COc1cccc([C@@H]2C[C@@H](O)CN2c2ccc(C#N)nc2)c1. The number of nitrogens with zero attached hydrogens (tertiary/aromatic N) is 3. The minimum atomic E-state index is -0.383. The summed E-state index contributed by atoms with van der Waals surface area (Å²) in [4.78, 5) is 6.24. The zero-order valence-corrected chi connectivity index (χ0v) is 12.3. The molecule has 1 aliphatic heterocycles. The van der Waals surface area contributed by atoms with Crippen molar-refractivity contribution in [3.63, 3.8) is 0 Å². The lowest BCUT2D eigenvalue weighted by molar-refractivity contribution is 0.194. The summed E-state index contributed by atoms with van der Waals surface area (Å²) in [7, 11) is 1.64. The fraction of sp³-hybridized carbons (Fsp3) is 0.294. The van der Waals surface area contributed by atoms with Crippen molar-refractivity contribution in [2.75, 3.05) is 18.6 Å². The van der Waals surface area contributed by atoms with Crippen LogP contribution >= 0.6 is 0 Å². The number of methoxy groups -OCH3 is 1. The van der Waals surface area contributed by atoms with Crippen molar-refractivity contribution in [1.82, 2.24) is 4.98 Å². The maximum absolute atomic E-state index is 10.1. The van der Waals surface area contributed by atoms with E-state index in [-0.39, 0.29) is 12.1 Å². The molecule has 1 aromatic heterocycles. The fourth-order valence-corrected chi connectivity index (χ4v) is 2.89. The largest absolute Gasteiger partial charge is 0.497 e. The molecular formula is C17H17N3O2. The van der Waals surface area contributed by atoms with Crippen LogP contribution in [0.4, 0.5) is 5.69 Å². The van der Waals surface area contributed by atoms with E-state index in [1.165, 1.54) is 0 Å². The lowest BCUT2D eigenvalue weighted by atomic mass is 10.0. The van der Waals surface area contributed by atoms with Gasteiger partial charge in [-0.1, -0.05) is 12.1 Å². The Kier molecular flexibility index (Phi) is 3.94. The maximum atomic E-state index is 10.1. The second kappa shape index (κ2) is 6.04. The van der Waals surface area contributed by atoms with Crippen molar-refractivity contribution in [3.8, 4) is 11.8 Å². The van der Waals surface area contributed by atoms with Crippen LogP contribution in [0, 0.1) is 11.3 Å². The number of hydrogen-bond donors (Lipinski definition) is 1. The highest BCUT2D eigenvalue weighted by Crippen LogP contribution is 2.37. The Morgan fingerprint density at radius 2 is 2.23 bits per heavy atom. The number of aliphatic hydroxyl groups is 1. The van der Waals surface area contributed by atoms with Gasteiger partial charge in [0.1, 0.15) is 17.5 Å². The molecule has 0 radical (unpaired) electrons. The van der Waals surface area contributed by atoms with E-state index in [4.69, 9.17) is 10.00 Å². The van der Waals surface area contributed by atoms with E-state index < -0.39 is 0 Å². The van der Waals surface area contributed by atoms with E-state index in [0.29, 0.717) is 18.7 Å². The molecule has 1 fully saturated rings. The minimum absolute atomic E-state index is 0.0693. The monoisotopic (exact) mass is 295 g/mol. The summed E-state index contributed by atoms with van der Waals surface area (Å²) in [5, 5.41) is 18.9. The molecule has 1 aromatic carbocycles. The number of pyridine rings is 1. The van der Waals surface area contributed by atoms with Gasteiger partial charge in [0.15, 0.2) is 0 Å². The van der Waals surface area contributed by atoms with E-state index >= 15 is 0 Å². The molecule has 2 aromatic rings. The molecule has 0 spiro atoms. The smallest absolute Gasteiger partial charge is 0.140 e. The summed E-state index contributed by atoms with van der Waals surface area (Å²) >= 11 is 0. The normalized spacial score (nSPS) is 20.7. The molecular weight excluding hydrogens is 278 g/mol. The molecule has 3 rings (SSSR count). The van der Waals surface area contributed by atoms with Gasteiger partial charge >= 0.3 is 0 Å². The molecule has 5 nitrogen and oxygen atoms in total. The third-order valence-electron chi connectivity index (χ3n) is 3.95. The van der Waals surface area contributed by atoms with Crippen molar-refractivity contribution in [1.29, 1.82) is 5.26 Å². The average Bonchev–Trinajstić information content (AvgIpc) is 2.97. The van der Waals surface area contributed by atoms with Crippen LogP contribution in [-0.4, -0.2) is 29.8 Å². The Balaban J connectivity index is 1.92. The Morgan fingerprint density at radius 1 is 1.36 bits per heavy atom. The molecule has 5 heteroatoms. The number of aliphatic hydroxyl groups excluding tert-OH is 1. The second-order valence-electron chi connectivity index (χ2n) is 5.35. The number of benzene rings is 1. The molecule has 1 N–H and O–H groups in total. The molecule has 2 atom stereocenters. The molecule has 0 unspecified atom stereocenters. The van der Waals surface area contributed by atoms with Crippen LogP contribution in [-0.2, 0) is 0 Å². The molecule has 1 saturated heterocycles. The van der Waals surface area contributed by atoms with Crippen molar-refractivity contribution in [2.45, 2.75) is 18.6 Å².